The molecule has 0 radical (unpaired) electrons. The number of aryl methyl sites for hydroxylation is 2. The second-order valence-corrected chi connectivity index (χ2v) is 10.1. The van der Waals surface area contributed by atoms with E-state index in [0.29, 0.717) is 18.0 Å². The minimum Gasteiger partial charge on any atom is -0.489 e. The molecule has 190 valence electrons. The molecule has 0 aromatic heterocycles. The van der Waals surface area contributed by atoms with E-state index in [1.54, 1.807) is 12.1 Å². The number of anilines is 1. The van der Waals surface area contributed by atoms with Crippen LogP contribution in [0.3, 0.4) is 0 Å². The predicted octanol–water partition coefficient (Wildman–Crippen LogP) is 6.71. The fraction of sp³-hybridized carbons (Fsp3) is 0.129. The fourth-order valence-electron chi connectivity index (χ4n) is 4.11. The lowest BCUT2D eigenvalue weighted by atomic mass is 10.1. The molecule has 1 N–H and O–H groups in total. The number of benzene rings is 4. The first-order valence-electron chi connectivity index (χ1n) is 12.2. The van der Waals surface area contributed by atoms with Crippen LogP contribution in [0.4, 0.5) is 10.5 Å². The number of thioether (sulfide) groups is 1. The Hall–Kier alpha value is -4.36. The van der Waals surface area contributed by atoms with E-state index in [4.69, 9.17) is 4.74 Å². The van der Waals surface area contributed by atoms with Crippen LogP contribution in [0.2, 0.25) is 0 Å². The van der Waals surface area contributed by atoms with Crippen molar-refractivity contribution in [3.8, 4) is 5.75 Å². The van der Waals surface area contributed by atoms with Crippen molar-refractivity contribution in [1.82, 2.24) is 4.90 Å². The van der Waals surface area contributed by atoms with Gasteiger partial charge >= 0.3 is 0 Å². The van der Waals surface area contributed by atoms with E-state index in [9.17, 15) is 14.4 Å². The maximum absolute atomic E-state index is 12.8. The molecule has 1 saturated heterocycles. The molecular weight excluding hydrogens is 496 g/mol. The Morgan fingerprint density at radius 3 is 2.42 bits per heavy atom. The predicted molar refractivity (Wildman–Crippen MR) is 152 cm³/mol. The molecule has 4 aromatic carbocycles. The average Bonchev–Trinajstić information content (AvgIpc) is 3.17. The van der Waals surface area contributed by atoms with Crippen molar-refractivity contribution in [3.05, 3.63) is 112 Å². The van der Waals surface area contributed by atoms with E-state index in [1.807, 2.05) is 62.4 Å². The number of carbonyl (C=O) groups excluding carboxylic acids is 3. The number of fused-ring (bicyclic) bond motifs is 1. The zero-order valence-corrected chi connectivity index (χ0v) is 21.9. The lowest BCUT2D eigenvalue weighted by molar-refractivity contribution is -0.127. The van der Waals surface area contributed by atoms with Crippen molar-refractivity contribution in [2.75, 3.05) is 11.9 Å². The largest absolute Gasteiger partial charge is 0.489 e. The third-order valence-electron chi connectivity index (χ3n) is 6.36. The number of ether oxygens (including phenoxy) is 1. The van der Waals surface area contributed by atoms with Crippen molar-refractivity contribution >= 4 is 51.4 Å². The molecule has 38 heavy (non-hydrogen) atoms. The summed E-state index contributed by atoms with van der Waals surface area (Å²) in [5.74, 6) is -0.206. The van der Waals surface area contributed by atoms with E-state index in [1.165, 1.54) is 10.8 Å². The summed E-state index contributed by atoms with van der Waals surface area (Å²) in [6, 6.07) is 27.3. The molecule has 0 unspecified atom stereocenters. The summed E-state index contributed by atoms with van der Waals surface area (Å²) in [6.07, 6.45) is 1.65. The summed E-state index contributed by atoms with van der Waals surface area (Å²) < 4.78 is 5.93. The van der Waals surface area contributed by atoms with Gasteiger partial charge in [-0.2, -0.15) is 0 Å². The van der Waals surface area contributed by atoms with Gasteiger partial charge in [0, 0.05) is 5.69 Å². The molecule has 4 aromatic rings. The van der Waals surface area contributed by atoms with Crippen molar-refractivity contribution in [2.24, 2.45) is 0 Å². The maximum atomic E-state index is 12.8. The lowest BCUT2D eigenvalue weighted by Crippen LogP contribution is -2.36. The number of imide groups is 1. The van der Waals surface area contributed by atoms with Crippen LogP contribution >= 0.6 is 11.8 Å². The van der Waals surface area contributed by atoms with Gasteiger partial charge in [0.15, 0.2) is 0 Å². The number of nitrogens with one attached hydrogen (secondary N) is 1. The topological polar surface area (TPSA) is 75.7 Å². The van der Waals surface area contributed by atoms with Crippen LogP contribution < -0.4 is 10.1 Å². The van der Waals surface area contributed by atoms with Crippen LogP contribution in [0.5, 0.6) is 5.75 Å². The summed E-state index contributed by atoms with van der Waals surface area (Å²) in [5, 5.41) is 4.64. The molecule has 1 aliphatic rings. The number of amides is 3. The van der Waals surface area contributed by atoms with Crippen molar-refractivity contribution in [2.45, 2.75) is 20.5 Å². The first kappa shape index (κ1) is 25.3. The van der Waals surface area contributed by atoms with Crippen molar-refractivity contribution in [3.63, 3.8) is 0 Å². The highest BCUT2D eigenvalue weighted by molar-refractivity contribution is 8.18. The van der Waals surface area contributed by atoms with Gasteiger partial charge < -0.3 is 10.1 Å². The van der Waals surface area contributed by atoms with Crippen LogP contribution in [-0.4, -0.2) is 28.5 Å². The van der Waals surface area contributed by atoms with E-state index in [2.05, 4.69) is 35.6 Å². The van der Waals surface area contributed by atoms with Crippen LogP contribution in [0.15, 0.2) is 89.8 Å². The quantitative estimate of drug-likeness (QED) is 0.273. The molecule has 6 nitrogen and oxygen atoms in total. The van der Waals surface area contributed by atoms with E-state index >= 15 is 0 Å². The van der Waals surface area contributed by atoms with Gasteiger partial charge in [0.2, 0.25) is 5.91 Å². The van der Waals surface area contributed by atoms with Crippen LogP contribution in [0.1, 0.15) is 22.3 Å². The zero-order chi connectivity index (χ0) is 26.6. The molecule has 0 spiro atoms. The third kappa shape index (κ3) is 5.79. The lowest BCUT2D eigenvalue weighted by Gasteiger charge is -2.13. The molecule has 7 heteroatoms. The Balaban J connectivity index is 1.19. The highest BCUT2D eigenvalue weighted by Crippen LogP contribution is 2.32. The second-order valence-electron chi connectivity index (χ2n) is 9.15. The molecule has 1 heterocycles. The minimum atomic E-state index is -0.480. The van der Waals surface area contributed by atoms with E-state index in [0.717, 1.165) is 38.9 Å². The highest BCUT2D eigenvalue weighted by atomic mass is 32.2. The van der Waals surface area contributed by atoms with Crippen molar-refractivity contribution < 1.29 is 19.1 Å². The van der Waals surface area contributed by atoms with Crippen LogP contribution in [-0.2, 0) is 16.2 Å². The standard InChI is InChI=1S/C31H26N2O4S/c1-20-7-12-26(15-21(20)2)32-29(34)18-33-30(35)28(38-31(33)36)17-22-9-13-27(14-10-22)37-19-23-8-11-24-5-3-4-6-25(24)16-23/h3-17H,18-19H2,1-2H3,(H,32,34)/b28-17-. The summed E-state index contributed by atoms with van der Waals surface area (Å²) in [5.41, 5.74) is 4.62. The molecule has 0 atom stereocenters. The van der Waals surface area contributed by atoms with Gasteiger partial charge in [-0.1, -0.05) is 54.6 Å². The number of carbonyl (C=O) groups is 3. The average molecular weight is 523 g/mol. The molecule has 1 aliphatic heterocycles. The van der Waals surface area contributed by atoms with E-state index < -0.39 is 17.1 Å². The van der Waals surface area contributed by atoms with Crippen LogP contribution in [0, 0.1) is 13.8 Å². The Morgan fingerprint density at radius 1 is 0.895 bits per heavy atom. The molecule has 1 fully saturated rings. The van der Waals surface area contributed by atoms with Crippen molar-refractivity contribution in [1.29, 1.82) is 0 Å². The summed E-state index contributed by atoms with van der Waals surface area (Å²) in [6.45, 7) is 4.04. The number of hydrogen-bond donors (Lipinski definition) is 1. The Morgan fingerprint density at radius 2 is 1.66 bits per heavy atom. The first-order chi connectivity index (χ1) is 18.4. The van der Waals surface area contributed by atoms with Gasteiger partial charge in [0.25, 0.3) is 11.1 Å². The molecular formula is C31H26N2O4S. The van der Waals surface area contributed by atoms with Crippen LogP contribution in [0.25, 0.3) is 16.8 Å². The molecule has 0 saturated carbocycles. The Labute approximate surface area is 225 Å². The zero-order valence-electron chi connectivity index (χ0n) is 21.1. The molecule has 5 rings (SSSR count). The number of nitrogens with zero attached hydrogens (tertiary/aromatic N) is 1. The monoisotopic (exact) mass is 522 g/mol. The number of hydrogen-bond acceptors (Lipinski definition) is 5. The van der Waals surface area contributed by atoms with Gasteiger partial charge in [-0.15, -0.1) is 0 Å². The normalized spacial score (nSPS) is 14.4. The summed E-state index contributed by atoms with van der Waals surface area (Å²) in [4.78, 5) is 39.0. The highest BCUT2D eigenvalue weighted by Gasteiger charge is 2.36. The van der Waals surface area contributed by atoms with Gasteiger partial charge in [0.05, 0.1) is 4.91 Å². The fourth-order valence-corrected chi connectivity index (χ4v) is 4.94. The van der Waals surface area contributed by atoms with Gasteiger partial charge in [-0.05, 0) is 95.0 Å². The minimum absolute atomic E-state index is 0.277. The molecule has 3 amide bonds. The van der Waals surface area contributed by atoms with Gasteiger partial charge in [-0.25, -0.2) is 0 Å². The van der Waals surface area contributed by atoms with Gasteiger partial charge in [-0.3, -0.25) is 19.3 Å². The summed E-state index contributed by atoms with van der Waals surface area (Å²) >= 11 is 0.829. The number of rotatable bonds is 7. The van der Waals surface area contributed by atoms with E-state index in [-0.39, 0.29) is 11.4 Å². The second kappa shape index (κ2) is 10.9. The maximum Gasteiger partial charge on any atom is 0.294 e. The summed E-state index contributed by atoms with van der Waals surface area (Å²) in [7, 11) is 0. The molecule has 0 aliphatic carbocycles. The third-order valence-corrected chi connectivity index (χ3v) is 7.27. The Kier molecular flexibility index (Phi) is 7.29. The molecule has 0 bridgehead atoms. The Bertz CT molecular complexity index is 1580. The van der Waals surface area contributed by atoms with Gasteiger partial charge in [0.1, 0.15) is 18.9 Å². The SMILES string of the molecule is Cc1ccc(NC(=O)CN2C(=O)S/C(=C\c3ccc(OCc4ccc5ccccc5c4)cc3)C2=O)cc1C. The smallest absolute Gasteiger partial charge is 0.294 e. The first-order valence-corrected chi connectivity index (χ1v) is 13.0.